The second-order valence-corrected chi connectivity index (χ2v) is 9.59. The number of amides is 1. The average Bonchev–Trinajstić information content (AvgIpc) is 2.73. The van der Waals surface area contributed by atoms with Gasteiger partial charge in [0.1, 0.15) is 0 Å². The van der Waals surface area contributed by atoms with Crippen LogP contribution in [0.1, 0.15) is 47.8 Å². The van der Waals surface area contributed by atoms with Gasteiger partial charge in [0.2, 0.25) is 0 Å². The molecule has 0 radical (unpaired) electrons. The normalized spacial score (nSPS) is 11.4. The van der Waals surface area contributed by atoms with Crippen molar-refractivity contribution in [3.63, 3.8) is 0 Å². The van der Waals surface area contributed by atoms with Crippen molar-refractivity contribution in [1.29, 1.82) is 0 Å². The van der Waals surface area contributed by atoms with Crippen LogP contribution in [0.2, 0.25) is 10.0 Å². The molecule has 0 aromatic heterocycles. The highest BCUT2D eigenvalue weighted by Crippen LogP contribution is 2.25. The molecule has 3 aromatic carbocycles. The van der Waals surface area contributed by atoms with Crippen molar-refractivity contribution in [2.24, 2.45) is 0 Å². The smallest absolute Gasteiger partial charge is 0.256 e. The number of carbonyl (C=O) groups is 1. The third-order valence-electron chi connectivity index (χ3n) is 5.34. The van der Waals surface area contributed by atoms with E-state index in [0.717, 1.165) is 11.1 Å². The number of hydrogen-bond donors (Lipinski definition) is 1. The Morgan fingerprint density at radius 3 is 2.29 bits per heavy atom. The number of nitrogens with two attached hydrogens (primary N) is 1. The van der Waals surface area contributed by atoms with Crippen LogP contribution in [0, 0.1) is 0 Å². The summed E-state index contributed by atoms with van der Waals surface area (Å²) in [5.74, 6) is -0.146. The Labute approximate surface area is 194 Å². The minimum Gasteiger partial charge on any atom is -0.398 e. The molecule has 0 unspecified atom stereocenters. The van der Waals surface area contributed by atoms with Crippen molar-refractivity contribution < 1.29 is 4.79 Å². The van der Waals surface area contributed by atoms with Crippen LogP contribution in [0.15, 0.2) is 66.7 Å². The van der Waals surface area contributed by atoms with E-state index in [-0.39, 0.29) is 11.3 Å². The Balaban J connectivity index is 1.87. The SMILES string of the molecule is CC(C)(C)c1ccc(CN(CCc2ccccc2Cl)C(=O)c2cc(Cl)ccc2N)cc1. The van der Waals surface area contributed by atoms with Crippen LogP contribution < -0.4 is 5.73 Å². The summed E-state index contributed by atoms with van der Waals surface area (Å²) in [6.07, 6.45) is 0.645. The molecule has 0 spiro atoms. The molecular weight excluding hydrogens is 427 g/mol. The van der Waals surface area contributed by atoms with E-state index in [9.17, 15) is 4.79 Å². The average molecular weight is 455 g/mol. The maximum Gasteiger partial charge on any atom is 0.256 e. The van der Waals surface area contributed by atoms with Crippen LogP contribution in [0.5, 0.6) is 0 Å². The zero-order chi connectivity index (χ0) is 22.6. The summed E-state index contributed by atoms with van der Waals surface area (Å²) >= 11 is 12.5. The summed E-state index contributed by atoms with van der Waals surface area (Å²) in [7, 11) is 0. The molecule has 0 atom stereocenters. The molecule has 0 heterocycles. The topological polar surface area (TPSA) is 46.3 Å². The second kappa shape index (κ2) is 9.76. The Morgan fingerprint density at radius 2 is 1.65 bits per heavy atom. The zero-order valence-electron chi connectivity index (χ0n) is 18.2. The first kappa shape index (κ1) is 23.2. The van der Waals surface area contributed by atoms with Gasteiger partial charge in [-0.15, -0.1) is 0 Å². The molecule has 0 aliphatic heterocycles. The lowest BCUT2D eigenvalue weighted by Gasteiger charge is -2.25. The minimum absolute atomic E-state index is 0.0767. The highest BCUT2D eigenvalue weighted by molar-refractivity contribution is 6.31. The third-order valence-corrected chi connectivity index (χ3v) is 5.94. The van der Waals surface area contributed by atoms with Gasteiger partial charge >= 0.3 is 0 Å². The van der Waals surface area contributed by atoms with E-state index >= 15 is 0 Å². The van der Waals surface area contributed by atoms with E-state index in [1.807, 2.05) is 24.3 Å². The van der Waals surface area contributed by atoms with Crippen molar-refractivity contribution >= 4 is 34.8 Å². The second-order valence-electron chi connectivity index (χ2n) is 8.75. The summed E-state index contributed by atoms with van der Waals surface area (Å²) in [5, 5.41) is 1.19. The van der Waals surface area contributed by atoms with Crippen LogP contribution in [-0.2, 0) is 18.4 Å². The summed E-state index contributed by atoms with van der Waals surface area (Å²) < 4.78 is 0. The minimum atomic E-state index is -0.146. The van der Waals surface area contributed by atoms with Gasteiger partial charge in [0.25, 0.3) is 5.91 Å². The molecule has 1 amide bonds. The number of carbonyl (C=O) groups excluding carboxylic acids is 1. The molecular formula is C26H28Cl2N2O. The fourth-order valence-corrected chi connectivity index (χ4v) is 3.83. The van der Waals surface area contributed by atoms with Gasteiger partial charge in [-0.3, -0.25) is 4.79 Å². The van der Waals surface area contributed by atoms with Gasteiger partial charge in [-0.25, -0.2) is 0 Å². The molecule has 3 aromatic rings. The van der Waals surface area contributed by atoms with Gasteiger partial charge < -0.3 is 10.6 Å². The number of rotatable bonds is 6. The van der Waals surface area contributed by atoms with Crippen molar-refractivity contribution in [3.05, 3.63) is 99.0 Å². The molecule has 0 saturated heterocycles. The van der Waals surface area contributed by atoms with Crippen molar-refractivity contribution in [3.8, 4) is 0 Å². The van der Waals surface area contributed by atoms with Crippen molar-refractivity contribution in [1.82, 2.24) is 4.90 Å². The van der Waals surface area contributed by atoms with Crippen LogP contribution in [0.25, 0.3) is 0 Å². The van der Waals surface area contributed by atoms with Crippen molar-refractivity contribution in [2.75, 3.05) is 12.3 Å². The van der Waals surface area contributed by atoms with Gasteiger partial charge in [-0.1, -0.05) is 86.4 Å². The van der Waals surface area contributed by atoms with E-state index in [1.165, 1.54) is 5.56 Å². The lowest BCUT2D eigenvalue weighted by atomic mass is 9.87. The lowest BCUT2D eigenvalue weighted by molar-refractivity contribution is 0.0746. The standard InChI is InChI=1S/C26H28Cl2N2O/c1-26(2,3)20-10-8-18(9-11-20)17-30(15-14-19-6-4-5-7-23(19)28)25(31)22-16-21(27)12-13-24(22)29/h4-13,16H,14-15,17,29H2,1-3H3. The largest absolute Gasteiger partial charge is 0.398 e. The first-order valence-electron chi connectivity index (χ1n) is 10.3. The van der Waals surface area contributed by atoms with E-state index in [1.54, 1.807) is 23.1 Å². The summed E-state index contributed by atoms with van der Waals surface area (Å²) in [4.78, 5) is 15.2. The van der Waals surface area contributed by atoms with Gasteiger partial charge in [0.05, 0.1) is 5.56 Å². The Morgan fingerprint density at radius 1 is 0.968 bits per heavy atom. The van der Waals surface area contributed by atoms with Crippen LogP contribution in [-0.4, -0.2) is 17.4 Å². The number of benzene rings is 3. The van der Waals surface area contributed by atoms with Crippen LogP contribution >= 0.6 is 23.2 Å². The Kier molecular flexibility index (Phi) is 7.30. The van der Waals surface area contributed by atoms with Gasteiger partial charge in [0.15, 0.2) is 0 Å². The molecule has 5 heteroatoms. The van der Waals surface area contributed by atoms with E-state index in [0.29, 0.717) is 40.8 Å². The van der Waals surface area contributed by atoms with E-state index in [4.69, 9.17) is 28.9 Å². The van der Waals surface area contributed by atoms with Crippen LogP contribution in [0.3, 0.4) is 0 Å². The molecule has 0 aliphatic carbocycles. The zero-order valence-corrected chi connectivity index (χ0v) is 19.7. The summed E-state index contributed by atoms with van der Waals surface area (Å²) in [6, 6.07) is 21.1. The quantitative estimate of drug-likeness (QED) is 0.418. The summed E-state index contributed by atoms with van der Waals surface area (Å²) in [5.41, 5.74) is 10.3. The maximum atomic E-state index is 13.4. The predicted octanol–water partition coefficient (Wildman–Crippen LogP) is 6.76. The molecule has 0 fully saturated rings. The first-order chi connectivity index (χ1) is 14.6. The molecule has 3 rings (SSSR count). The van der Waals surface area contributed by atoms with E-state index in [2.05, 4.69) is 45.0 Å². The molecule has 0 saturated carbocycles. The van der Waals surface area contributed by atoms with Crippen molar-refractivity contribution in [2.45, 2.75) is 39.2 Å². The molecule has 0 aliphatic rings. The first-order valence-corrected chi connectivity index (χ1v) is 11.1. The van der Waals surface area contributed by atoms with Crippen LogP contribution in [0.4, 0.5) is 5.69 Å². The fourth-order valence-electron chi connectivity index (χ4n) is 3.42. The van der Waals surface area contributed by atoms with Gasteiger partial charge in [-0.05, 0) is 52.8 Å². The monoisotopic (exact) mass is 454 g/mol. The molecule has 3 nitrogen and oxygen atoms in total. The molecule has 31 heavy (non-hydrogen) atoms. The highest BCUT2D eigenvalue weighted by atomic mass is 35.5. The van der Waals surface area contributed by atoms with Gasteiger partial charge in [-0.2, -0.15) is 0 Å². The predicted molar refractivity (Wildman–Crippen MR) is 131 cm³/mol. The Hall–Kier alpha value is -2.49. The number of hydrogen-bond acceptors (Lipinski definition) is 2. The lowest BCUT2D eigenvalue weighted by Crippen LogP contribution is -2.33. The Bertz CT molecular complexity index is 1060. The highest BCUT2D eigenvalue weighted by Gasteiger charge is 2.20. The number of halogens is 2. The number of nitrogen functional groups attached to an aromatic ring is 1. The third kappa shape index (κ3) is 6.03. The number of nitrogens with zero attached hydrogens (tertiary/aromatic N) is 1. The van der Waals surface area contributed by atoms with Gasteiger partial charge in [0, 0.05) is 28.8 Å². The fraction of sp³-hybridized carbons (Fsp3) is 0.269. The molecule has 0 bridgehead atoms. The maximum absolute atomic E-state index is 13.4. The molecule has 2 N–H and O–H groups in total. The molecule has 162 valence electrons. The number of anilines is 1. The summed E-state index contributed by atoms with van der Waals surface area (Å²) in [6.45, 7) is 7.53. The van der Waals surface area contributed by atoms with E-state index < -0.39 is 0 Å².